The van der Waals surface area contributed by atoms with Crippen LogP contribution in [0.15, 0.2) is 4.99 Å². The first-order valence-electron chi connectivity index (χ1n) is 8.61. The number of morpholine rings is 1. The van der Waals surface area contributed by atoms with Crippen LogP contribution in [-0.4, -0.2) is 86.1 Å². The topological polar surface area (TPSA) is 69.1 Å². The van der Waals surface area contributed by atoms with Crippen molar-refractivity contribution in [1.82, 2.24) is 15.5 Å². The third kappa shape index (κ3) is 11.7. The van der Waals surface area contributed by atoms with E-state index in [1.165, 1.54) is 12.2 Å². The maximum absolute atomic E-state index is 10.6. The molecule has 6 nitrogen and oxygen atoms in total. The summed E-state index contributed by atoms with van der Waals surface area (Å²) < 4.78 is 5.34. The molecule has 1 aliphatic heterocycles. The van der Waals surface area contributed by atoms with Gasteiger partial charge in [-0.2, -0.15) is 11.8 Å². The molecule has 1 saturated heterocycles. The number of aliphatic hydroxyl groups is 1. The summed E-state index contributed by atoms with van der Waals surface area (Å²) in [6, 6.07) is 0. The Kier molecular flexibility index (Phi) is 14.5. The van der Waals surface area contributed by atoms with E-state index in [1.54, 1.807) is 0 Å². The van der Waals surface area contributed by atoms with E-state index in [0.29, 0.717) is 13.1 Å². The second-order valence-corrected chi connectivity index (χ2v) is 7.19. The van der Waals surface area contributed by atoms with E-state index in [-0.39, 0.29) is 24.0 Å². The van der Waals surface area contributed by atoms with Crippen LogP contribution in [0.5, 0.6) is 0 Å². The fourth-order valence-electron chi connectivity index (χ4n) is 2.46. The first-order chi connectivity index (χ1) is 11.1. The highest BCUT2D eigenvalue weighted by atomic mass is 127. The van der Waals surface area contributed by atoms with E-state index in [2.05, 4.69) is 33.7 Å². The lowest BCUT2D eigenvalue weighted by Crippen LogP contribution is -2.48. The lowest BCUT2D eigenvalue weighted by Gasteiger charge is -2.33. The lowest BCUT2D eigenvalue weighted by molar-refractivity contribution is -0.0179. The van der Waals surface area contributed by atoms with E-state index in [9.17, 15) is 5.11 Å². The maximum Gasteiger partial charge on any atom is 0.191 e. The summed E-state index contributed by atoms with van der Waals surface area (Å²) >= 11 is 1.88. The molecule has 0 saturated carbocycles. The minimum atomic E-state index is -0.821. The molecule has 0 aromatic rings. The molecule has 3 N–H and O–H groups in total. The largest absolute Gasteiger partial charge is 0.387 e. The molecule has 0 aliphatic carbocycles. The Balaban J connectivity index is 0.00000529. The van der Waals surface area contributed by atoms with E-state index in [0.717, 1.165) is 51.8 Å². The van der Waals surface area contributed by atoms with Crippen molar-refractivity contribution in [2.75, 3.05) is 64.5 Å². The van der Waals surface area contributed by atoms with Crippen LogP contribution < -0.4 is 10.6 Å². The molecule has 0 radical (unpaired) electrons. The number of nitrogens with one attached hydrogen (secondary N) is 2. The molecule has 0 spiro atoms. The molecule has 1 aliphatic rings. The Morgan fingerprint density at radius 3 is 2.62 bits per heavy atom. The minimum Gasteiger partial charge on any atom is -0.387 e. The Bertz CT molecular complexity index is 340. The number of halogens is 1. The molecule has 0 aromatic carbocycles. The first-order valence-corrected chi connectivity index (χ1v) is 10.0. The third-order valence-electron chi connectivity index (χ3n) is 3.66. The van der Waals surface area contributed by atoms with Crippen molar-refractivity contribution in [1.29, 1.82) is 0 Å². The second-order valence-electron chi connectivity index (χ2n) is 6.21. The summed E-state index contributed by atoms with van der Waals surface area (Å²) in [4.78, 5) is 6.79. The number of β-amino-alcohol motifs (C(OH)–C–C–N with tert-alkyl or cyclic N) is 1. The molecular weight excluding hydrogens is 439 g/mol. The van der Waals surface area contributed by atoms with Gasteiger partial charge >= 0.3 is 0 Å². The van der Waals surface area contributed by atoms with Crippen LogP contribution >= 0.6 is 35.7 Å². The number of thioether (sulfide) groups is 1. The van der Waals surface area contributed by atoms with Crippen molar-refractivity contribution in [3.8, 4) is 0 Å². The van der Waals surface area contributed by atoms with Crippen LogP contribution in [0.3, 0.4) is 0 Å². The highest BCUT2D eigenvalue weighted by Gasteiger charge is 2.25. The molecule has 0 amide bonds. The summed E-state index contributed by atoms with van der Waals surface area (Å²) in [5, 5.41) is 17.2. The van der Waals surface area contributed by atoms with Crippen LogP contribution in [0.4, 0.5) is 0 Å². The van der Waals surface area contributed by atoms with Gasteiger partial charge in [-0.3, -0.25) is 9.89 Å². The maximum atomic E-state index is 10.6. The summed E-state index contributed by atoms with van der Waals surface area (Å²) in [6.07, 6.45) is 4.48. The van der Waals surface area contributed by atoms with Gasteiger partial charge in [0.15, 0.2) is 5.96 Å². The number of guanidine groups is 1. The average molecular weight is 474 g/mol. The third-order valence-corrected chi connectivity index (χ3v) is 4.35. The molecule has 0 bridgehead atoms. The molecule has 1 atom stereocenters. The van der Waals surface area contributed by atoms with Crippen molar-refractivity contribution in [3.63, 3.8) is 0 Å². The van der Waals surface area contributed by atoms with Gasteiger partial charge in [-0.25, -0.2) is 0 Å². The van der Waals surface area contributed by atoms with Crippen LogP contribution in [0.25, 0.3) is 0 Å². The van der Waals surface area contributed by atoms with Crippen LogP contribution in [0.1, 0.15) is 26.7 Å². The average Bonchev–Trinajstić information content (AvgIpc) is 2.53. The Morgan fingerprint density at radius 1 is 1.29 bits per heavy atom. The molecule has 1 heterocycles. The summed E-state index contributed by atoms with van der Waals surface area (Å²) in [5.74, 6) is 1.99. The molecule has 1 fully saturated rings. The Labute approximate surface area is 168 Å². The number of ether oxygens (including phenoxy) is 1. The van der Waals surface area contributed by atoms with Crippen molar-refractivity contribution >= 4 is 41.7 Å². The highest BCUT2D eigenvalue weighted by molar-refractivity contribution is 14.0. The van der Waals surface area contributed by atoms with Crippen LogP contribution in [0, 0.1) is 0 Å². The molecule has 1 rings (SSSR count). The van der Waals surface area contributed by atoms with Crippen molar-refractivity contribution in [3.05, 3.63) is 0 Å². The smallest absolute Gasteiger partial charge is 0.191 e. The van der Waals surface area contributed by atoms with Gasteiger partial charge in [0.1, 0.15) is 0 Å². The summed E-state index contributed by atoms with van der Waals surface area (Å²) in [7, 11) is 0. The van der Waals surface area contributed by atoms with E-state index >= 15 is 0 Å². The molecule has 144 valence electrons. The predicted molar refractivity (Wildman–Crippen MR) is 115 cm³/mol. The summed E-state index contributed by atoms with van der Waals surface area (Å²) in [5.41, 5.74) is -0.821. The van der Waals surface area contributed by atoms with Gasteiger partial charge in [0, 0.05) is 32.7 Å². The van der Waals surface area contributed by atoms with Crippen LogP contribution in [-0.2, 0) is 4.74 Å². The quantitative estimate of drug-likeness (QED) is 0.193. The number of hydrogen-bond donors (Lipinski definition) is 3. The molecular formula is C16H35IN4O2S. The SMILES string of the molecule is CCNC(=NCC(C)(O)CN1CCOCC1)NCCCCSC.I. The normalized spacial score (nSPS) is 18.6. The molecule has 0 aromatic heterocycles. The Morgan fingerprint density at radius 2 is 2.00 bits per heavy atom. The van der Waals surface area contributed by atoms with Gasteiger partial charge in [-0.1, -0.05) is 0 Å². The van der Waals surface area contributed by atoms with E-state index < -0.39 is 5.60 Å². The van der Waals surface area contributed by atoms with Gasteiger partial charge in [-0.05, 0) is 38.7 Å². The van der Waals surface area contributed by atoms with E-state index in [1.807, 2.05) is 18.7 Å². The van der Waals surface area contributed by atoms with E-state index in [4.69, 9.17) is 4.74 Å². The van der Waals surface area contributed by atoms with Crippen molar-refractivity contribution < 1.29 is 9.84 Å². The predicted octanol–water partition coefficient (Wildman–Crippen LogP) is 1.39. The molecule has 1 unspecified atom stereocenters. The molecule has 8 heteroatoms. The number of hydrogen-bond acceptors (Lipinski definition) is 5. The number of aliphatic imine (C=N–C) groups is 1. The van der Waals surface area contributed by atoms with Gasteiger partial charge in [-0.15, -0.1) is 24.0 Å². The zero-order chi connectivity index (χ0) is 17.0. The second kappa shape index (κ2) is 14.4. The zero-order valence-electron chi connectivity index (χ0n) is 15.3. The Hall–Kier alpha value is 0.230. The van der Waals surface area contributed by atoms with Crippen molar-refractivity contribution in [2.24, 2.45) is 4.99 Å². The minimum absolute atomic E-state index is 0. The molecule has 24 heavy (non-hydrogen) atoms. The highest BCUT2D eigenvalue weighted by Crippen LogP contribution is 2.09. The van der Waals surface area contributed by atoms with Gasteiger partial charge in [0.25, 0.3) is 0 Å². The van der Waals surface area contributed by atoms with Crippen LogP contribution in [0.2, 0.25) is 0 Å². The fourth-order valence-corrected chi connectivity index (χ4v) is 2.95. The standard InChI is InChI=1S/C16H34N4O2S.HI/c1-4-17-15(18-7-5-6-12-23-3)19-13-16(2,21)14-20-8-10-22-11-9-20;/h21H,4-14H2,1-3H3,(H2,17,18,19);1H. The number of nitrogens with zero attached hydrogens (tertiary/aromatic N) is 2. The lowest BCUT2D eigenvalue weighted by atomic mass is 10.1. The fraction of sp³-hybridized carbons (Fsp3) is 0.938. The summed E-state index contributed by atoms with van der Waals surface area (Å²) in [6.45, 7) is 9.93. The van der Waals surface area contributed by atoms with Crippen molar-refractivity contribution in [2.45, 2.75) is 32.3 Å². The number of rotatable bonds is 10. The first kappa shape index (κ1) is 24.2. The monoisotopic (exact) mass is 474 g/mol. The number of unbranched alkanes of at least 4 members (excludes halogenated alkanes) is 1. The van der Waals surface area contributed by atoms with Gasteiger partial charge in [0.05, 0.1) is 25.4 Å². The zero-order valence-corrected chi connectivity index (χ0v) is 18.5. The van der Waals surface area contributed by atoms with Gasteiger partial charge in [0.2, 0.25) is 0 Å². The van der Waals surface area contributed by atoms with Gasteiger partial charge < -0.3 is 20.5 Å².